The van der Waals surface area contributed by atoms with Crippen LogP contribution >= 0.6 is 11.3 Å². The van der Waals surface area contributed by atoms with Crippen LogP contribution in [0.25, 0.3) is 0 Å². The normalized spacial score (nSPS) is 13.4. The van der Waals surface area contributed by atoms with Crippen molar-refractivity contribution < 1.29 is 0 Å². The van der Waals surface area contributed by atoms with Gasteiger partial charge in [0, 0.05) is 23.3 Å². The molecule has 2 aromatic rings. The number of rotatable bonds is 5. The van der Waals surface area contributed by atoms with Gasteiger partial charge in [0.2, 0.25) is 0 Å². The van der Waals surface area contributed by atoms with E-state index in [9.17, 15) is 0 Å². The van der Waals surface area contributed by atoms with Crippen LogP contribution in [0.2, 0.25) is 0 Å². The summed E-state index contributed by atoms with van der Waals surface area (Å²) in [7, 11) is 2.04. The summed E-state index contributed by atoms with van der Waals surface area (Å²) in [5.74, 6) is 0. The molecule has 0 spiro atoms. The smallest absolute Gasteiger partial charge is 0.0944 e. The zero-order valence-electron chi connectivity index (χ0n) is 13.7. The molecular formula is C18H26N2S. The Kier molecular flexibility index (Phi) is 5.17. The van der Waals surface area contributed by atoms with Gasteiger partial charge in [-0.15, -0.1) is 11.3 Å². The number of nitrogens with one attached hydrogen (secondary N) is 1. The van der Waals surface area contributed by atoms with Crippen molar-refractivity contribution in [2.75, 3.05) is 7.05 Å². The van der Waals surface area contributed by atoms with Gasteiger partial charge in [-0.1, -0.05) is 50.6 Å². The molecular weight excluding hydrogens is 276 g/mol. The van der Waals surface area contributed by atoms with E-state index in [4.69, 9.17) is 4.98 Å². The lowest BCUT2D eigenvalue weighted by atomic mass is 9.93. The molecule has 0 aliphatic carbocycles. The predicted octanol–water partition coefficient (Wildman–Crippen LogP) is 4.12. The molecule has 3 heteroatoms. The lowest BCUT2D eigenvalue weighted by Gasteiger charge is -2.16. The maximum Gasteiger partial charge on any atom is 0.0944 e. The molecule has 1 unspecified atom stereocenters. The van der Waals surface area contributed by atoms with Crippen molar-refractivity contribution in [3.05, 3.63) is 51.5 Å². The van der Waals surface area contributed by atoms with Crippen molar-refractivity contribution in [2.45, 2.75) is 52.0 Å². The summed E-state index contributed by atoms with van der Waals surface area (Å²) in [6.45, 7) is 8.80. The topological polar surface area (TPSA) is 24.9 Å². The van der Waals surface area contributed by atoms with Crippen LogP contribution in [-0.4, -0.2) is 18.1 Å². The Labute approximate surface area is 132 Å². The molecule has 0 radical (unpaired) electrons. The van der Waals surface area contributed by atoms with E-state index in [1.807, 2.05) is 7.05 Å². The van der Waals surface area contributed by atoms with Crippen LogP contribution < -0.4 is 5.32 Å². The molecule has 1 atom stereocenters. The second-order valence-electron chi connectivity index (χ2n) is 6.76. The summed E-state index contributed by atoms with van der Waals surface area (Å²) in [6, 6.07) is 9.20. The zero-order chi connectivity index (χ0) is 15.5. The number of nitrogens with zero attached hydrogens (tertiary/aromatic N) is 1. The van der Waals surface area contributed by atoms with Gasteiger partial charge in [0.15, 0.2) is 0 Å². The molecule has 0 aliphatic heterocycles. The second-order valence-corrected chi connectivity index (χ2v) is 7.70. The van der Waals surface area contributed by atoms with E-state index < -0.39 is 0 Å². The minimum absolute atomic E-state index is 0.139. The van der Waals surface area contributed by atoms with Crippen LogP contribution in [0.5, 0.6) is 0 Å². The Hall–Kier alpha value is -1.19. The van der Waals surface area contributed by atoms with Gasteiger partial charge in [-0.25, -0.2) is 4.98 Å². The minimum Gasteiger partial charge on any atom is -0.316 e. The number of thiazole rings is 1. The van der Waals surface area contributed by atoms with E-state index in [0.29, 0.717) is 6.04 Å². The van der Waals surface area contributed by atoms with Crippen LogP contribution in [-0.2, 0) is 18.3 Å². The van der Waals surface area contributed by atoms with Crippen LogP contribution in [0.15, 0.2) is 29.6 Å². The van der Waals surface area contributed by atoms with Crippen molar-refractivity contribution >= 4 is 11.3 Å². The van der Waals surface area contributed by atoms with Gasteiger partial charge in [0.25, 0.3) is 0 Å². The average molecular weight is 302 g/mol. The summed E-state index contributed by atoms with van der Waals surface area (Å²) in [4.78, 5) is 4.81. The van der Waals surface area contributed by atoms with Crippen LogP contribution in [0.1, 0.15) is 42.6 Å². The number of aromatic nitrogens is 1. The molecule has 1 aromatic carbocycles. The van der Waals surface area contributed by atoms with Crippen molar-refractivity contribution in [3.8, 4) is 0 Å². The van der Waals surface area contributed by atoms with Crippen molar-refractivity contribution in [1.82, 2.24) is 10.3 Å². The summed E-state index contributed by atoms with van der Waals surface area (Å²) < 4.78 is 0. The highest BCUT2D eigenvalue weighted by Crippen LogP contribution is 2.24. The molecule has 0 fully saturated rings. The summed E-state index contributed by atoms with van der Waals surface area (Å²) in [6.07, 6.45) is 2.04. The highest BCUT2D eigenvalue weighted by Gasteiger charge is 2.18. The maximum absolute atomic E-state index is 4.81. The Bertz CT molecular complexity index is 581. The molecule has 0 aliphatic rings. The first-order valence-corrected chi connectivity index (χ1v) is 8.44. The third-order valence-electron chi connectivity index (χ3n) is 3.71. The monoisotopic (exact) mass is 302 g/mol. The van der Waals surface area contributed by atoms with Crippen LogP contribution in [0, 0.1) is 6.92 Å². The van der Waals surface area contributed by atoms with E-state index in [1.165, 1.54) is 21.8 Å². The van der Waals surface area contributed by atoms with Gasteiger partial charge in [-0.05, 0) is 26.0 Å². The van der Waals surface area contributed by atoms with E-state index in [-0.39, 0.29) is 5.41 Å². The first-order chi connectivity index (χ1) is 9.88. The van der Waals surface area contributed by atoms with Gasteiger partial charge in [-0.3, -0.25) is 0 Å². The maximum atomic E-state index is 4.81. The number of hydrogen-bond donors (Lipinski definition) is 1. The highest BCUT2D eigenvalue weighted by atomic mass is 32.1. The molecule has 1 aromatic heterocycles. The fourth-order valence-corrected chi connectivity index (χ4v) is 3.46. The van der Waals surface area contributed by atoms with E-state index in [1.54, 1.807) is 11.3 Å². The summed E-state index contributed by atoms with van der Waals surface area (Å²) in [5.41, 5.74) is 4.06. The Morgan fingerprint density at radius 1 is 1.24 bits per heavy atom. The van der Waals surface area contributed by atoms with Gasteiger partial charge in [-0.2, -0.15) is 0 Å². The number of hydrogen-bond acceptors (Lipinski definition) is 3. The molecule has 2 nitrogen and oxygen atoms in total. The third kappa shape index (κ3) is 4.65. The third-order valence-corrected chi connectivity index (χ3v) is 4.59. The van der Waals surface area contributed by atoms with E-state index in [2.05, 4.69) is 62.7 Å². The largest absolute Gasteiger partial charge is 0.316 e. The van der Waals surface area contributed by atoms with Crippen LogP contribution in [0.4, 0.5) is 0 Å². The predicted molar refractivity (Wildman–Crippen MR) is 92.2 cm³/mol. The zero-order valence-corrected chi connectivity index (χ0v) is 14.6. The molecule has 0 bridgehead atoms. The summed E-state index contributed by atoms with van der Waals surface area (Å²) in [5, 5.41) is 6.86. The number of aryl methyl sites for hydroxylation is 1. The van der Waals surface area contributed by atoms with Crippen molar-refractivity contribution in [3.63, 3.8) is 0 Å². The van der Waals surface area contributed by atoms with Crippen molar-refractivity contribution in [1.29, 1.82) is 0 Å². The first-order valence-electron chi connectivity index (χ1n) is 7.56. The summed E-state index contributed by atoms with van der Waals surface area (Å²) >= 11 is 1.78. The lowest BCUT2D eigenvalue weighted by molar-refractivity contribution is 0.544. The lowest BCUT2D eigenvalue weighted by Crippen LogP contribution is -2.30. The quantitative estimate of drug-likeness (QED) is 0.898. The molecule has 114 valence electrons. The second kappa shape index (κ2) is 6.71. The molecule has 2 rings (SSSR count). The van der Waals surface area contributed by atoms with E-state index >= 15 is 0 Å². The molecule has 0 saturated heterocycles. The molecule has 1 heterocycles. The molecule has 0 amide bonds. The molecule has 0 saturated carbocycles. The highest BCUT2D eigenvalue weighted by molar-refractivity contribution is 7.09. The number of likely N-dealkylation sites (N-methyl/N-ethyl adjacent to an activating group) is 1. The first kappa shape index (κ1) is 16.2. The van der Waals surface area contributed by atoms with Crippen LogP contribution in [0.3, 0.4) is 0 Å². The van der Waals surface area contributed by atoms with E-state index in [0.717, 1.165) is 12.8 Å². The van der Waals surface area contributed by atoms with Gasteiger partial charge in [0.1, 0.15) is 0 Å². The SMILES string of the molecule is CNC(Cc1cccc(C)c1)Cc1nc(C(C)(C)C)cs1. The minimum atomic E-state index is 0.139. The molecule has 1 N–H and O–H groups in total. The van der Waals surface area contributed by atoms with Gasteiger partial charge in [0.05, 0.1) is 10.7 Å². The van der Waals surface area contributed by atoms with Gasteiger partial charge >= 0.3 is 0 Å². The fraction of sp³-hybridized carbons (Fsp3) is 0.500. The average Bonchev–Trinajstić information content (AvgIpc) is 2.86. The Morgan fingerprint density at radius 2 is 2.00 bits per heavy atom. The fourth-order valence-electron chi connectivity index (χ4n) is 2.36. The number of benzene rings is 1. The molecule has 21 heavy (non-hydrogen) atoms. The van der Waals surface area contributed by atoms with Gasteiger partial charge < -0.3 is 5.32 Å². The standard InChI is InChI=1S/C18H26N2S/c1-13-7-6-8-14(9-13)10-15(19-5)11-17-20-16(12-21-17)18(2,3)4/h6-9,12,15,19H,10-11H2,1-5H3. The Morgan fingerprint density at radius 3 is 2.57 bits per heavy atom. The Balaban J connectivity index is 2.04. The van der Waals surface area contributed by atoms with Crippen molar-refractivity contribution in [2.24, 2.45) is 0 Å².